The molecule has 0 saturated heterocycles. The maximum Gasteiger partial charge on any atom is 0.194 e. The van der Waals surface area contributed by atoms with Crippen LogP contribution < -0.4 is 0 Å². The van der Waals surface area contributed by atoms with Crippen LogP contribution in [0.4, 0.5) is 13.2 Å². The lowest BCUT2D eigenvalue weighted by atomic mass is 9.95. The van der Waals surface area contributed by atoms with Crippen molar-refractivity contribution in [3.8, 4) is 11.1 Å². The molecule has 98 valence electrons. The molecule has 0 unspecified atom stereocenters. The average molecular weight is 264 g/mol. The standard InChI is InChI=1S/C15H11F3O/c1-8-4-12(9(2)3-11(8)7-19)10-5-13(16)15(18)14(17)6-10/h3-7H,1-2H3. The molecule has 0 spiro atoms. The molecule has 0 aromatic heterocycles. The molecule has 0 fully saturated rings. The highest BCUT2D eigenvalue weighted by Crippen LogP contribution is 2.28. The second kappa shape index (κ2) is 4.88. The maximum absolute atomic E-state index is 13.2. The summed E-state index contributed by atoms with van der Waals surface area (Å²) in [5, 5.41) is 0. The van der Waals surface area contributed by atoms with Gasteiger partial charge in [0.25, 0.3) is 0 Å². The van der Waals surface area contributed by atoms with E-state index in [2.05, 4.69) is 0 Å². The summed E-state index contributed by atoms with van der Waals surface area (Å²) in [6, 6.07) is 5.18. The van der Waals surface area contributed by atoms with Crippen molar-refractivity contribution >= 4 is 6.29 Å². The first-order chi connectivity index (χ1) is 8.93. The molecule has 0 aliphatic rings. The van der Waals surface area contributed by atoms with Crippen LogP contribution in [0.15, 0.2) is 24.3 Å². The lowest BCUT2D eigenvalue weighted by Gasteiger charge is -2.10. The van der Waals surface area contributed by atoms with Gasteiger partial charge >= 0.3 is 0 Å². The first kappa shape index (κ1) is 13.3. The van der Waals surface area contributed by atoms with Gasteiger partial charge in [0, 0.05) is 5.56 Å². The summed E-state index contributed by atoms with van der Waals surface area (Å²) in [4.78, 5) is 10.8. The zero-order valence-corrected chi connectivity index (χ0v) is 10.4. The molecule has 0 aliphatic carbocycles. The zero-order valence-electron chi connectivity index (χ0n) is 10.4. The molecule has 0 amide bonds. The van der Waals surface area contributed by atoms with Gasteiger partial charge in [0.15, 0.2) is 17.5 Å². The van der Waals surface area contributed by atoms with Crippen LogP contribution in [0, 0.1) is 31.3 Å². The van der Waals surface area contributed by atoms with E-state index in [1.54, 1.807) is 26.0 Å². The van der Waals surface area contributed by atoms with Crippen LogP contribution >= 0.6 is 0 Å². The van der Waals surface area contributed by atoms with Crippen molar-refractivity contribution in [1.29, 1.82) is 0 Å². The largest absolute Gasteiger partial charge is 0.298 e. The number of hydrogen-bond donors (Lipinski definition) is 0. The highest BCUT2D eigenvalue weighted by Gasteiger charge is 2.13. The zero-order chi connectivity index (χ0) is 14.2. The highest BCUT2D eigenvalue weighted by molar-refractivity contribution is 5.81. The van der Waals surface area contributed by atoms with E-state index in [0.717, 1.165) is 18.4 Å². The second-order valence-electron chi connectivity index (χ2n) is 4.40. The first-order valence-corrected chi connectivity index (χ1v) is 5.65. The quantitative estimate of drug-likeness (QED) is 0.587. The third-order valence-electron chi connectivity index (χ3n) is 3.03. The number of carbonyl (C=O) groups is 1. The number of rotatable bonds is 2. The molecular formula is C15H11F3O. The van der Waals surface area contributed by atoms with Crippen molar-refractivity contribution in [2.24, 2.45) is 0 Å². The van der Waals surface area contributed by atoms with Gasteiger partial charge in [-0.25, -0.2) is 13.2 Å². The van der Waals surface area contributed by atoms with Crippen molar-refractivity contribution in [3.05, 3.63) is 58.4 Å². The molecule has 2 aromatic rings. The fourth-order valence-electron chi connectivity index (χ4n) is 1.99. The van der Waals surface area contributed by atoms with Gasteiger partial charge in [0.2, 0.25) is 0 Å². The lowest BCUT2D eigenvalue weighted by Crippen LogP contribution is -1.95. The molecule has 0 atom stereocenters. The Morgan fingerprint density at radius 2 is 1.47 bits per heavy atom. The fraction of sp³-hybridized carbons (Fsp3) is 0.133. The van der Waals surface area contributed by atoms with Crippen molar-refractivity contribution in [3.63, 3.8) is 0 Å². The van der Waals surface area contributed by atoms with Gasteiger partial charge in [0.1, 0.15) is 6.29 Å². The van der Waals surface area contributed by atoms with Crippen LogP contribution in [0.3, 0.4) is 0 Å². The summed E-state index contributed by atoms with van der Waals surface area (Å²) in [6.45, 7) is 3.45. The van der Waals surface area contributed by atoms with Gasteiger partial charge in [0.05, 0.1) is 0 Å². The normalized spacial score (nSPS) is 10.6. The number of aldehydes is 1. The molecule has 2 aromatic carbocycles. The van der Waals surface area contributed by atoms with Gasteiger partial charge in [-0.05, 0) is 54.3 Å². The van der Waals surface area contributed by atoms with E-state index in [4.69, 9.17) is 0 Å². The molecule has 0 heterocycles. The molecule has 1 nitrogen and oxygen atoms in total. The Bertz CT molecular complexity index is 640. The van der Waals surface area contributed by atoms with Gasteiger partial charge < -0.3 is 0 Å². The van der Waals surface area contributed by atoms with Gasteiger partial charge in [-0.1, -0.05) is 6.07 Å². The van der Waals surface area contributed by atoms with Crippen LogP contribution in [0.25, 0.3) is 11.1 Å². The minimum absolute atomic E-state index is 0.245. The number of aryl methyl sites for hydroxylation is 2. The first-order valence-electron chi connectivity index (χ1n) is 5.65. The molecule has 0 saturated carbocycles. The van der Waals surface area contributed by atoms with E-state index in [1.165, 1.54) is 0 Å². The van der Waals surface area contributed by atoms with Gasteiger partial charge in [-0.15, -0.1) is 0 Å². The van der Waals surface area contributed by atoms with Crippen molar-refractivity contribution < 1.29 is 18.0 Å². The molecule has 4 heteroatoms. The highest BCUT2D eigenvalue weighted by atomic mass is 19.2. The second-order valence-corrected chi connectivity index (χ2v) is 4.40. The van der Waals surface area contributed by atoms with Crippen LogP contribution in [-0.2, 0) is 0 Å². The van der Waals surface area contributed by atoms with Crippen LogP contribution in [-0.4, -0.2) is 6.29 Å². The number of hydrogen-bond acceptors (Lipinski definition) is 1. The molecule has 19 heavy (non-hydrogen) atoms. The Labute approximate surface area is 108 Å². The molecule has 0 bridgehead atoms. The molecule has 0 aliphatic heterocycles. The summed E-state index contributed by atoms with van der Waals surface area (Å²) in [6.07, 6.45) is 0.720. The Morgan fingerprint density at radius 3 is 2.00 bits per heavy atom. The lowest BCUT2D eigenvalue weighted by molar-refractivity contribution is 0.112. The summed E-state index contributed by atoms with van der Waals surface area (Å²) < 4.78 is 39.4. The van der Waals surface area contributed by atoms with E-state index < -0.39 is 17.5 Å². The van der Waals surface area contributed by atoms with Gasteiger partial charge in [-0.3, -0.25) is 4.79 Å². The third kappa shape index (κ3) is 2.38. The van der Waals surface area contributed by atoms with Gasteiger partial charge in [-0.2, -0.15) is 0 Å². The summed E-state index contributed by atoms with van der Waals surface area (Å²) in [5.74, 6) is -3.94. The smallest absolute Gasteiger partial charge is 0.194 e. The molecule has 0 radical (unpaired) electrons. The number of halogens is 3. The SMILES string of the molecule is Cc1cc(-c2cc(F)c(F)c(F)c2)c(C)cc1C=O. The van der Waals surface area contributed by atoms with E-state index >= 15 is 0 Å². The van der Waals surface area contributed by atoms with Crippen molar-refractivity contribution in [2.45, 2.75) is 13.8 Å². The Morgan fingerprint density at radius 1 is 0.895 bits per heavy atom. The topological polar surface area (TPSA) is 17.1 Å². The van der Waals surface area contributed by atoms with Crippen molar-refractivity contribution in [1.82, 2.24) is 0 Å². The Hall–Kier alpha value is -2.10. The molecular weight excluding hydrogens is 253 g/mol. The third-order valence-corrected chi connectivity index (χ3v) is 3.03. The summed E-state index contributed by atoms with van der Waals surface area (Å²) in [7, 11) is 0. The molecule has 0 N–H and O–H groups in total. The van der Waals surface area contributed by atoms with E-state index in [-0.39, 0.29) is 5.56 Å². The van der Waals surface area contributed by atoms with E-state index in [1.807, 2.05) is 0 Å². The predicted molar refractivity (Wildman–Crippen MR) is 66.6 cm³/mol. The molecule has 2 rings (SSSR count). The maximum atomic E-state index is 13.2. The van der Waals surface area contributed by atoms with Crippen LogP contribution in [0.5, 0.6) is 0 Å². The summed E-state index contributed by atoms with van der Waals surface area (Å²) >= 11 is 0. The van der Waals surface area contributed by atoms with Crippen molar-refractivity contribution in [2.75, 3.05) is 0 Å². The minimum Gasteiger partial charge on any atom is -0.298 e. The van der Waals surface area contributed by atoms with Crippen LogP contribution in [0.1, 0.15) is 21.5 Å². The Kier molecular flexibility index (Phi) is 3.42. The number of benzene rings is 2. The number of carbonyl (C=O) groups excluding carboxylic acids is 1. The predicted octanol–water partition coefficient (Wildman–Crippen LogP) is 4.20. The minimum atomic E-state index is -1.48. The average Bonchev–Trinajstić information content (AvgIpc) is 2.37. The monoisotopic (exact) mass is 264 g/mol. The van der Waals surface area contributed by atoms with E-state index in [0.29, 0.717) is 22.3 Å². The Balaban J connectivity index is 2.65. The van der Waals surface area contributed by atoms with Crippen LogP contribution in [0.2, 0.25) is 0 Å². The van der Waals surface area contributed by atoms with E-state index in [9.17, 15) is 18.0 Å². The summed E-state index contributed by atoms with van der Waals surface area (Å²) in [5.41, 5.74) is 2.72. The fourth-order valence-corrected chi connectivity index (χ4v) is 1.99.